The second-order valence-corrected chi connectivity index (χ2v) is 5.44. The molecule has 1 rings (SSSR count). The first-order valence-corrected chi connectivity index (χ1v) is 6.95. The smallest absolute Gasteiger partial charge is 0.127 e. The van der Waals surface area contributed by atoms with Crippen LogP contribution in [-0.4, -0.2) is 20.8 Å². The summed E-state index contributed by atoms with van der Waals surface area (Å²) in [5, 5.41) is 3.58. The topological polar surface area (TPSA) is 30.5 Å². The molecule has 1 unspecified atom stereocenters. The second kappa shape index (κ2) is 6.80. The fourth-order valence-electron chi connectivity index (χ4n) is 2.27. The SMILES string of the molecule is CCNC(c1ccc(OC)cc1OC)C(C)(C)CC. The van der Waals surface area contributed by atoms with Crippen molar-refractivity contribution in [1.29, 1.82) is 0 Å². The van der Waals surface area contributed by atoms with Crippen molar-refractivity contribution in [2.75, 3.05) is 20.8 Å². The molecular weight excluding hydrogens is 238 g/mol. The van der Waals surface area contributed by atoms with E-state index in [0.29, 0.717) is 0 Å². The zero-order valence-electron chi connectivity index (χ0n) is 13.0. The number of nitrogens with one attached hydrogen (secondary N) is 1. The Morgan fingerprint density at radius 3 is 2.32 bits per heavy atom. The molecule has 19 heavy (non-hydrogen) atoms. The van der Waals surface area contributed by atoms with Crippen LogP contribution < -0.4 is 14.8 Å². The summed E-state index contributed by atoms with van der Waals surface area (Å²) in [4.78, 5) is 0. The van der Waals surface area contributed by atoms with Gasteiger partial charge in [0.15, 0.2) is 0 Å². The molecule has 0 aliphatic rings. The molecule has 0 aliphatic heterocycles. The molecule has 3 nitrogen and oxygen atoms in total. The van der Waals surface area contributed by atoms with Gasteiger partial charge >= 0.3 is 0 Å². The zero-order chi connectivity index (χ0) is 14.5. The van der Waals surface area contributed by atoms with Gasteiger partial charge < -0.3 is 14.8 Å². The van der Waals surface area contributed by atoms with Gasteiger partial charge in [-0.3, -0.25) is 0 Å². The third-order valence-electron chi connectivity index (χ3n) is 3.85. The van der Waals surface area contributed by atoms with E-state index < -0.39 is 0 Å². The molecule has 0 radical (unpaired) electrons. The Labute approximate surface area is 117 Å². The van der Waals surface area contributed by atoms with Crippen molar-refractivity contribution in [2.24, 2.45) is 5.41 Å². The molecule has 1 aromatic carbocycles. The predicted molar refractivity (Wildman–Crippen MR) is 80.0 cm³/mol. The normalized spacial score (nSPS) is 13.2. The Bertz CT molecular complexity index is 402. The molecule has 108 valence electrons. The monoisotopic (exact) mass is 265 g/mol. The van der Waals surface area contributed by atoms with Gasteiger partial charge in [-0.2, -0.15) is 0 Å². The molecule has 0 amide bonds. The Balaban J connectivity index is 3.22. The number of ether oxygens (including phenoxy) is 2. The van der Waals surface area contributed by atoms with Crippen molar-refractivity contribution in [1.82, 2.24) is 5.32 Å². The molecule has 0 saturated carbocycles. The van der Waals surface area contributed by atoms with E-state index in [4.69, 9.17) is 9.47 Å². The van der Waals surface area contributed by atoms with E-state index in [1.165, 1.54) is 5.56 Å². The summed E-state index contributed by atoms with van der Waals surface area (Å²) in [7, 11) is 3.38. The molecule has 0 spiro atoms. The van der Waals surface area contributed by atoms with E-state index in [-0.39, 0.29) is 11.5 Å². The molecular formula is C16H27NO2. The fraction of sp³-hybridized carbons (Fsp3) is 0.625. The lowest BCUT2D eigenvalue weighted by molar-refractivity contribution is 0.231. The second-order valence-electron chi connectivity index (χ2n) is 5.44. The molecule has 0 heterocycles. The zero-order valence-corrected chi connectivity index (χ0v) is 13.0. The van der Waals surface area contributed by atoms with Crippen molar-refractivity contribution in [2.45, 2.75) is 40.2 Å². The maximum Gasteiger partial charge on any atom is 0.127 e. The van der Waals surface area contributed by atoms with Crippen LogP contribution in [0.4, 0.5) is 0 Å². The first kappa shape index (κ1) is 15.8. The average molecular weight is 265 g/mol. The lowest BCUT2D eigenvalue weighted by Gasteiger charge is -2.35. The van der Waals surface area contributed by atoms with Crippen LogP contribution in [0.15, 0.2) is 18.2 Å². The van der Waals surface area contributed by atoms with Gasteiger partial charge in [0.05, 0.1) is 14.2 Å². The van der Waals surface area contributed by atoms with E-state index in [1.54, 1.807) is 14.2 Å². The molecule has 1 atom stereocenters. The molecule has 0 aliphatic carbocycles. The van der Waals surface area contributed by atoms with Crippen molar-refractivity contribution >= 4 is 0 Å². The highest BCUT2D eigenvalue weighted by molar-refractivity contribution is 5.43. The highest BCUT2D eigenvalue weighted by atomic mass is 16.5. The maximum absolute atomic E-state index is 5.53. The first-order chi connectivity index (χ1) is 9.00. The molecule has 3 heteroatoms. The lowest BCUT2D eigenvalue weighted by Crippen LogP contribution is -2.34. The summed E-state index contributed by atoms with van der Waals surface area (Å²) >= 11 is 0. The van der Waals surface area contributed by atoms with Gasteiger partial charge in [0.2, 0.25) is 0 Å². The van der Waals surface area contributed by atoms with E-state index in [9.17, 15) is 0 Å². The number of hydrogen-bond acceptors (Lipinski definition) is 3. The van der Waals surface area contributed by atoms with Crippen LogP contribution in [-0.2, 0) is 0 Å². The number of methoxy groups -OCH3 is 2. The van der Waals surface area contributed by atoms with Gasteiger partial charge in [-0.05, 0) is 24.4 Å². The van der Waals surface area contributed by atoms with Crippen LogP contribution in [0.1, 0.15) is 45.7 Å². The van der Waals surface area contributed by atoms with Gasteiger partial charge in [0.25, 0.3) is 0 Å². The lowest BCUT2D eigenvalue weighted by atomic mass is 9.78. The Morgan fingerprint density at radius 1 is 1.16 bits per heavy atom. The quantitative estimate of drug-likeness (QED) is 0.813. The summed E-state index contributed by atoms with van der Waals surface area (Å²) in [6.45, 7) is 9.85. The number of benzene rings is 1. The third-order valence-corrected chi connectivity index (χ3v) is 3.85. The van der Waals surface area contributed by atoms with Crippen molar-refractivity contribution in [3.8, 4) is 11.5 Å². The fourth-order valence-corrected chi connectivity index (χ4v) is 2.27. The molecule has 0 bridgehead atoms. The Hall–Kier alpha value is -1.22. The van der Waals surface area contributed by atoms with Crippen molar-refractivity contribution < 1.29 is 9.47 Å². The van der Waals surface area contributed by atoms with Crippen molar-refractivity contribution in [3.63, 3.8) is 0 Å². The highest BCUT2D eigenvalue weighted by Gasteiger charge is 2.30. The predicted octanol–water partition coefficient (Wildman–Crippen LogP) is 3.79. The molecule has 1 aromatic rings. The van der Waals surface area contributed by atoms with E-state index in [0.717, 1.165) is 24.5 Å². The van der Waals surface area contributed by atoms with Crippen LogP contribution in [0, 0.1) is 5.41 Å². The molecule has 0 saturated heterocycles. The van der Waals surface area contributed by atoms with Crippen molar-refractivity contribution in [3.05, 3.63) is 23.8 Å². The van der Waals surface area contributed by atoms with Gasteiger partial charge in [-0.25, -0.2) is 0 Å². The summed E-state index contributed by atoms with van der Waals surface area (Å²) in [5.74, 6) is 1.71. The van der Waals surface area contributed by atoms with E-state index >= 15 is 0 Å². The maximum atomic E-state index is 5.53. The Kier molecular flexibility index (Phi) is 5.67. The standard InChI is InChI=1S/C16H27NO2/c1-7-16(3,4)15(17-8-2)13-10-9-12(18-5)11-14(13)19-6/h9-11,15,17H,7-8H2,1-6H3. The van der Waals surface area contributed by atoms with Crippen LogP contribution in [0.3, 0.4) is 0 Å². The summed E-state index contributed by atoms with van der Waals surface area (Å²) in [6.07, 6.45) is 1.10. The highest BCUT2D eigenvalue weighted by Crippen LogP contribution is 2.41. The van der Waals surface area contributed by atoms with Crippen LogP contribution >= 0.6 is 0 Å². The largest absolute Gasteiger partial charge is 0.497 e. The molecule has 0 aromatic heterocycles. The summed E-state index contributed by atoms with van der Waals surface area (Å²) in [6, 6.07) is 6.31. The van der Waals surface area contributed by atoms with E-state index in [1.807, 2.05) is 12.1 Å². The van der Waals surface area contributed by atoms with Crippen LogP contribution in [0.2, 0.25) is 0 Å². The molecule has 0 fully saturated rings. The van der Waals surface area contributed by atoms with E-state index in [2.05, 4.69) is 39.1 Å². The Morgan fingerprint density at radius 2 is 1.84 bits per heavy atom. The third kappa shape index (κ3) is 3.63. The minimum atomic E-state index is 0.165. The minimum absolute atomic E-state index is 0.165. The van der Waals surface area contributed by atoms with Crippen LogP contribution in [0.5, 0.6) is 11.5 Å². The average Bonchev–Trinajstić information content (AvgIpc) is 2.44. The van der Waals surface area contributed by atoms with Gasteiger partial charge in [-0.15, -0.1) is 0 Å². The van der Waals surface area contributed by atoms with Gasteiger partial charge in [-0.1, -0.05) is 33.8 Å². The van der Waals surface area contributed by atoms with Crippen LogP contribution in [0.25, 0.3) is 0 Å². The van der Waals surface area contributed by atoms with Gasteiger partial charge in [0.1, 0.15) is 11.5 Å². The minimum Gasteiger partial charge on any atom is -0.497 e. The summed E-state index contributed by atoms with van der Waals surface area (Å²) in [5.41, 5.74) is 1.36. The number of hydrogen-bond donors (Lipinski definition) is 1. The molecule has 1 N–H and O–H groups in total. The van der Waals surface area contributed by atoms with Gasteiger partial charge in [0, 0.05) is 17.7 Å². The summed E-state index contributed by atoms with van der Waals surface area (Å²) < 4.78 is 10.8. The number of rotatable bonds is 7. The first-order valence-electron chi connectivity index (χ1n) is 6.95.